The van der Waals surface area contributed by atoms with E-state index < -0.39 is 20.0 Å². The number of fused-ring (bicyclic) bond motifs is 2. The molecule has 0 atom stereocenters. The molecule has 91 heavy (non-hydrogen) atoms. The zero-order valence-corrected chi connectivity index (χ0v) is 57.4. The van der Waals surface area contributed by atoms with Crippen LogP contribution >= 0.6 is 43.5 Å². The van der Waals surface area contributed by atoms with Crippen molar-refractivity contribution < 1.29 is 26.3 Å². The Balaban J connectivity index is 0.000000166. The van der Waals surface area contributed by atoms with Crippen LogP contribution in [0.15, 0.2) is 94.7 Å². The molecule has 8 aromatic rings. The standard InChI is InChI=1S/C31H38BrN9O3S.C18H29N3O.C13H10BrClN6O2S/c1-4-20-17-25(27(44-2)18-26(20)41-15-9-21(10-16-41)40-13-5-6-14-40)37-31-35-19-22(32)30(38-31)36-24-8-7-23-28(34-12-11-33-23)29(24)39-45(3,42)43;1-3-14-12-16(19)18(22-2)13-17(14)21-10-6-15(7-11-21)20-8-4-5-9-20;1-24(22,23)21-11-9(3-2-8-10(11)17-5-4-16-8)19-12-7(14)6-18-13(15)20-12/h7-8,11-12,17-19,21,39H,4-6,9-10,13-16H2,1-3H3,(H2,35,36,37,38);12-13,15H,3-11,19H2,1-2H3;2-6,21H,1H3,(H,18,19,20). The monoisotopic (exact) mass is 1430 g/mol. The largest absolute Gasteiger partial charge is 0.495 e. The van der Waals surface area contributed by atoms with Crippen LogP contribution < -0.4 is 50.4 Å². The maximum atomic E-state index is 12.2. The van der Waals surface area contributed by atoms with E-state index in [4.69, 9.17) is 31.8 Å². The van der Waals surface area contributed by atoms with Gasteiger partial charge in [0.1, 0.15) is 34.2 Å². The van der Waals surface area contributed by atoms with Crippen LogP contribution in [0, 0.1) is 0 Å². The van der Waals surface area contributed by atoms with Crippen LogP contribution in [0.1, 0.15) is 76.3 Å². The molecule has 24 nitrogen and oxygen atoms in total. The predicted molar refractivity (Wildman–Crippen MR) is 372 cm³/mol. The third kappa shape index (κ3) is 16.9. The predicted octanol–water partition coefficient (Wildman–Crippen LogP) is 11.5. The van der Waals surface area contributed by atoms with Gasteiger partial charge < -0.3 is 50.8 Å². The van der Waals surface area contributed by atoms with Crippen molar-refractivity contribution in [1.82, 2.24) is 49.7 Å². The summed E-state index contributed by atoms with van der Waals surface area (Å²) in [6, 6.07) is 16.8. The summed E-state index contributed by atoms with van der Waals surface area (Å²) in [4.78, 5) is 44.5. The van der Waals surface area contributed by atoms with Crippen LogP contribution in [0.3, 0.4) is 0 Å². The minimum Gasteiger partial charge on any atom is -0.495 e. The number of likely N-dealkylation sites (tertiary alicyclic amines) is 2. The molecule has 29 heteroatoms. The van der Waals surface area contributed by atoms with Gasteiger partial charge in [-0.15, -0.1) is 0 Å². The molecule has 4 saturated heterocycles. The Morgan fingerprint density at radius 3 is 1.46 bits per heavy atom. The third-order valence-electron chi connectivity index (χ3n) is 16.6. The zero-order chi connectivity index (χ0) is 64.4. The normalized spacial score (nSPS) is 16.0. The van der Waals surface area contributed by atoms with Crippen LogP contribution in [0.5, 0.6) is 11.5 Å². The first-order valence-corrected chi connectivity index (χ1v) is 36.1. The quantitative estimate of drug-likeness (QED) is 0.0344. The number of piperidine rings is 2. The Labute approximate surface area is 553 Å². The third-order valence-corrected chi connectivity index (χ3v) is 19.1. The van der Waals surface area contributed by atoms with Crippen molar-refractivity contribution in [2.45, 2.75) is 90.1 Å². The number of halogens is 3. The van der Waals surface area contributed by atoms with Crippen molar-refractivity contribution in [3.05, 3.63) is 111 Å². The SMILES string of the molecule is CCc1cc(N)c(OC)cc1N1CCC(N2CCCC2)CC1.CCc1cc(Nc2ncc(Br)c(Nc3ccc4nccnc4c3NS(C)(=O)=O)n2)c(OC)cc1N1CCC(N2CCCC2)CC1.CS(=O)(=O)Nc1c(Nc2nc(Cl)ncc2Br)ccc2nccnc12. The molecular formula is C62H77Br2ClN18O6S2. The molecule has 0 radical (unpaired) electrons. The molecule has 0 amide bonds. The first-order valence-electron chi connectivity index (χ1n) is 30.4. The Bertz CT molecular complexity index is 4100. The minimum absolute atomic E-state index is 0.0545. The second-order valence-electron chi connectivity index (χ2n) is 22.7. The van der Waals surface area contributed by atoms with Gasteiger partial charge in [0.05, 0.1) is 80.8 Å². The number of rotatable bonds is 18. The Hall–Kier alpha value is -7.21. The number of nitrogen functional groups attached to an aromatic ring is 1. The van der Waals surface area contributed by atoms with E-state index in [0.29, 0.717) is 71.8 Å². The first-order chi connectivity index (χ1) is 43.8. The molecule has 0 aliphatic carbocycles. The van der Waals surface area contributed by atoms with Crippen LogP contribution in [0.2, 0.25) is 5.28 Å². The molecule has 0 spiro atoms. The fourth-order valence-electron chi connectivity index (χ4n) is 12.2. The van der Waals surface area contributed by atoms with Gasteiger partial charge in [-0.1, -0.05) is 13.8 Å². The second-order valence-corrected chi connectivity index (χ2v) is 28.3. The number of benzene rings is 4. The Morgan fingerprint density at radius 1 is 0.560 bits per heavy atom. The molecule has 4 aromatic carbocycles. The Kier molecular flexibility index (Phi) is 22.0. The lowest BCUT2D eigenvalue weighted by atomic mass is 10.0. The van der Waals surface area contributed by atoms with Crippen molar-refractivity contribution in [3.63, 3.8) is 0 Å². The molecule has 484 valence electrons. The topological polar surface area (TPSA) is 289 Å². The number of sulfonamides is 2. The van der Waals surface area contributed by atoms with Gasteiger partial charge in [0, 0.05) is 99.0 Å². The van der Waals surface area contributed by atoms with Gasteiger partial charge in [-0.3, -0.25) is 29.4 Å². The van der Waals surface area contributed by atoms with Gasteiger partial charge in [0.15, 0.2) is 0 Å². The summed E-state index contributed by atoms with van der Waals surface area (Å²) in [6.45, 7) is 13.8. The molecule has 4 aliphatic rings. The number of hydrogen-bond acceptors (Lipinski definition) is 22. The van der Waals surface area contributed by atoms with Crippen molar-refractivity contribution in [2.24, 2.45) is 0 Å². The highest BCUT2D eigenvalue weighted by Crippen LogP contribution is 2.40. The van der Waals surface area contributed by atoms with E-state index in [-0.39, 0.29) is 16.7 Å². The number of anilines is 11. The number of aromatic nitrogens is 8. The highest BCUT2D eigenvalue weighted by atomic mass is 79.9. The van der Waals surface area contributed by atoms with E-state index in [1.165, 1.54) is 125 Å². The van der Waals surface area contributed by atoms with Crippen molar-refractivity contribution in [3.8, 4) is 11.5 Å². The average molecular weight is 1430 g/mol. The van der Waals surface area contributed by atoms with Gasteiger partial charge in [-0.25, -0.2) is 26.8 Å². The summed E-state index contributed by atoms with van der Waals surface area (Å²) in [6.07, 6.45) is 23.6. The van der Waals surface area contributed by atoms with E-state index in [0.717, 1.165) is 74.7 Å². The van der Waals surface area contributed by atoms with Gasteiger partial charge >= 0.3 is 0 Å². The average Bonchev–Trinajstić information content (AvgIpc) is 2.43. The number of aryl methyl sites for hydroxylation is 2. The van der Waals surface area contributed by atoms with Gasteiger partial charge in [0.25, 0.3) is 0 Å². The molecule has 12 rings (SSSR count). The lowest BCUT2D eigenvalue weighted by Gasteiger charge is -2.38. The maximum Gasteiger partial charge on any atom is 0.229 e. The zero-order valence-electron chi connectivity index (χ0n) is 51.8. The highest BCUT2D eigenvalue weighted by molar-refractivity contribution is 9.11. The molecule has 7 N–H and O–H groups in total. The van der Waals surface area contributed by atoms with E-state index in [1.807, 2.05) is 0 Å². The second kappa shape index (κ2) is 30.0. The molecule has 0 bridgehead atoms. The molecule has 4 aliphatic heterocycles. The van der Waals surface area contributed by atoms with Crippen molar-refractivity contribution in [1.29, 1.82) is 0 Å². The molecule has 0 saturated carbocycles. The maximum absolute atomic E-state index is 12.2. The van der Waals surface area contributed by atoms with E-state index in [1.54, 1.807) is 50.9 Å². The smallest absolute Gasteiger partial charge is 0.229 e. The van der Waals surface area contributed by atoms with Crippen LogP contribution in [-0.4, -0.2) is 158 Å². The lowest BCUT2D eigenvalue weighted by Crippen LogP contribution is -2.44. The summed E-state index contributed by atoms with van der Waals surface area (Å²) < 4.78 is 65.4. The fourth-order valence-corrected chi connectivity index (χ4v) is 14.1. The van der Waals surface area contributed by atoms with Gasteiger partial charge in [-0.2, -0.15) is 9.97 Å². The van der Waals surface area contributed by atoms with Gasteiger partial charge in [0.2, 0.25) is 31.3 Å². The number of methoxy groups -OCH3 is 2. The summed E-state index contributed by atoms with van der Waals surface area (Å²) in [7, 11) is -3.77. The molecular weight excluding hydrogens is 1350 g/mol. The number of hydrogen-bond donors (Lipinski definition) is 6. The molecule has 8 heterocycles. The Morgan fingerprint density at radius 2 is 1.00 bits per heavy atom. The summed E-state index contributed by atoms with van der Waals surface area (Å²) in [5, 5.41) is 9.65. The number of nitrogens with two attached hydrogens (primary N) is 1. The molecule has 4 fully saturated rings. The number of ether oxygens (including phenoxy) is 2. The summed E-state index contributed by atoms with van der Waals surface area (Å²) in [5.74, 6) is 2.67. The number of nitrogens with zero attached hydrogens (tertiary/aromatic N) is 12. The van der Waals surface area contributed by atoms with Crippen LogP contribution in [-0.2, 0) is 32.9 Å². The van der Waals surface area contributed by atoms with Crippen molar-refractivity contribution >= 4 is 149 Å². The lowest BCUT2D eigenvalue weighted by molar-refractivity contribution is 0.208. The van der Waals surface area contributed by atoms with E-state index in [9.17, 15) is 16.8 Å². The van der Waals surface area contributed by atoms with E-state index >= 15 is 0 Å². The molecule has 0 unspecified atom stereocenters. The molecule has 4 aromatic heterocycles. The summed E-state index contributed by atoms with van der Waals surface area (Å²) in [5.41, 5.74) is 16.0. The fraction of sp³-hybridized carbons (Fsp3) is 0.419. The van der Waals surface area contributed by atoms with Gasteiger partial charge in [-0.05, 0) is 181 Å². The minimum atomic E-state index is -3.61. The van der Waals surface area contributed by atoms with Crippen LogP contribution in [0.25, 0.3) is 22.1 Å². The first kappa shape index (κ1) is 66.7. The number of nitrogens with one attached hydrogen (secondary N) is 5. The highest BCUT2D eigenvalue weighted by Gasteiger charge is 2.30. The van der Waals surface area contributed by atoms with Crippen molar-refractivity contribution in [2.75, 3.05) is 120 Å². The van der Waals surface area contributed by atoms with E-state index in [2.05, 4.69) is 150 Å². The summed E-state index contributed by atoms with van der Waals surface area (Å²) >= 11 is 12.6. The van der Waals surface area contributed by atoms with Crippen LogP contribution in [0.4, 0.5) is 63.1 Å².